The molecule has 0 aliphatic rings. The maximum atomic E-state index is 13.4. The number of hydrogen-bond acceptors (Lipinski definition) is 4. The van der Waals surface area contributed by atoms with Gasteiger partial charge in [0.05, 0.1) is 4.90 Å². The van der Waals surface area contributed by atoms with Crippen LogP contribution in [-0.2, 0) is 14.8 Å². The van der Waals surface area contributed by atoms with Gasteiger partial charge in [-0.3, -0.25) is 0 Å². The van der Waals surface area contributed by atoms with Crippen LogP contribution in [0, 0.1) is 12.7 Å². The van der Waals surface area contributed by atoms with Gasteiger partial charge in [-0.25, -0.2) is 17.5 Å². The average molecular weight is 276 g/mol. The molecule has 102 valence electrons. The Morgan fingerprint density at radius 2 is 2.11 bits per heavy atom. The molecular formula is C11H17FN2O3S. The fraction of sp³-hybridized carbons (Fsp3) is 0.455. The first-order chi connectivity index (χ1) is 8.38. The van der Waals surface area contributed by atoms with E-state index in [0.29, 0.717) is 13.0 Å². The minimum atomic E-state index is -3.74. The summed E-state index contributed by atoms with van der Waals surface area (Å²) in [5.41, 5.74) is 5.59. The van der Waals surface area contributed by atoms with Crippen molar-refractivity contribution in [3.63, 3.8) is 0 Å². The lowest BCUT2D eigenvalue weighted by molar-refractivity contribution is 0.196. The number of hydrogen-bond donors (Lipinski definition) is 2. The third kappa shape index (κ3) is 3.66. The van der Waals surface area contributed by atoms with Crippen molar-refractivity contribution in [1.29, 1.82) is 0 Å². The number of halogens is 1. The molecule has 0 amide bonds. The van der Waals surface area contributed by atoms with Crippen molar-refractivity contribution in [3.8, 4) is 0 Å². The Bertz CT molecular complexity index is 517. The summed E-state index contributed by atoms with van der Waals surface area (Å²) in [5.74, 6) is -0.632. The molecule has 1 aromatic rings. The van der Waals surface area contributed by atoms with E-state index in [1.807, 2.05) is 0 Å². The molecule has 0 bridgehead atoms. The van der Waals surface area contributed by atoms with Gasteiger partial charge in [0.15, 0.2) is 0 Å². The highest BCUT2D eigenvalue weighted by Crippen LogP contribution is 2.21. The molecule has 1 aromatic carbocycles. The summed E-state index contributed by atoms with van der Waals surface area (Å²) in [6, 6.07) is 2.34. The van der Waals surface area contributed by atoms with Crippen LogP contribution in [0.3, 0.4) is 0 Å². The minimum Gasteiger partial charge on any atom is -0.399 e. The Balaban J connectivity index is 2.91. The molecule has 5 nitrogen and oxygen atoms in total. The first-order valence-corrected chi connectivity index (χ1v) is 6.91. The van der Waals surface area contributed by atoms with E-state index in [1.165, 1.54) is 20.1 Å². The second-order valence-electron chi connectivity index (χ2n) is 3.87. The van der Waals surface area contributed by atoms with E-state index in [-0.39, 0.29) is 22.7 Å². The van der Waals surface area contributed by atoms with Gasteiger partial charge >= 0.3 is 0 Å². The van der Waals surface area contributed by atoms with E-state index in [2.05, 4.69) is 4.72 Å². The van der Waals surface area contributed by atoms with Crippen LogP contribution in [0.25, 0.3) is 0 Å². The number of nitrogens with one attached hydrogen (secondary N) is 1. The lowest BCUT2D eigenvalue weighted by Gasteiger charge is -2.10. The fourth-order valence-electron chi connectivity index (χ4n) is 1.45. The summed E-state index contributed by atoms with van der Waals surface area (Å²) in [6.45, 7) is 2.08. The topological polar surface area (TPSA) is 81.4 Å². The van der Waals surface area contributed by atoms with Crippen LogP contribution in [0.15, 0.2) is 17.0 Å². The van der Waals surface area contributed by atoms with Gasteiger partial charge in [0.2, 0.25) is 10.0 Å². The maximum Gasteiger partial charge on any atom is 0.241 e. The van der Waals surface area contributed by atoms with E-state index >= 15 is 0 Å². The van der Waals surface area contributed by atoms with Crippen LogP contribution in [0.4, 0.5) is 10.1 Å². The second-order valence-corrected chi connectivity index (χ2v) is 5.61. The van der Waals surface area contributed by atoms with Gasteiger partial charge in [0.25, 0.3) is 0 Å². The van der Waals surface area contributed by atoms with Crippen LogP contribution < -0.4 is 10.5 Å². The van der Waals surface area contributed by atoms with Gasteiger partial charge in [-0.1, -0.05) is 0 Å². The third-order valence-electron chi connectivity index (χ3n) is 2.43. The number of nitrogen functional groups attached to an aromatic ring is 1. The standard InChI is InChI=1S/C11H17FN2O3S/c1-8-10(12)6-9(13)7-11(8)18(15,16)14-4-3-5-17-2/h6-7,14H,3-5,13H2,1-2H3. The number of ether oxygens (including phenoxy) is 1. The molecule has 0 saturated heterocycles. The predicted octanol–water partition coefficient (Wildman–Crippen LogP) is 1.03. The van der Waals surface area contributed by atoms with Gasteiger partial charge < -0.3 is 10.5 Å². The van der Waals surface area contributed by atoms with Crippen molar-refractivity contribution < 1.29 is 17.5 Å². The maximum absolute atomic E-state index is 13.4. The fourth-order valence-corrected chi connectivity index (χ4v) is 2.81. The minimum absolute atomic E-state index is 0.0587. The van der Waals surface area contributed by atoms with Crippen molar-refractivity contribution in [1.82, 2.24) is 4.72 Å². The van der Waals surface area contributed by atoms with Gasteiger partial charge in [-0.2, -0.15) is 0 Å². The van der Waals surface area contributed by atoms with Crippen molar-refractivity contribution in [2.24, 2.45) is 0 Å². The van der Waals surface area contributed by atoms with E-state index in [0.717, 1.165) is 6.07 Å². The largest absolute Gasteiger partial charge is 0.399 e. The Labute approximate surface area is 106 Å². The number of methoxy groups -OCH3 is 1. The molecule has 0 aromatic heterocycles. The molecule has 0 radical (unpaired) electrons. The van der Waals surface area contributed by atoms with E-state index in [4.69, 9.17) is 10.5 Å². The van der Waals surface area contributed by atoms with Gasteiger partial charge in [-0.05, 0) is 25.5 Å². The highest BCUT2D eigenvalue weighted by atomic mass is 32.2. The average Bonchev–Trinajstić information content (AvgIpc) is 2.29. The normalized spacial score (nSPS) is 11.7. The molecule has 0 unspecified atom stereocenters. The monoisotopic (exact) mass is 276 g/mol. The van der Waals surface area contributed by atoms with Crippen LogP contribution in [0.2, 0.25) is 0 Å². The second kappa shape index (κ2) is 6.12. The first kappa shape index (κ1) is 14.9. The van der Waals surface area contributed by atoms with Crippen LogP contribution in [-0.4, -0.2) is 28.7 Å². The zero-order chi connectivity index (χ0) is 13.8. The molecule has 0 aliphatic carbocycles. The molecule has 18 heavy (non-hydrogen) atoms. The molecule has 0 aliphatic heterocycles. The van der Waals surface area contributed by atoms with E-state index < -0.39 is 15.8 Å². The summed E-state index contributed by atoms with van der Waals surface area (Å²) in [5, 5.41) is 0. The Morgan fingerprint density at radius 3 is 2.72 bits per heavy atom. The third-order valence-corrected chi connectivity index (χ3v) is 4.01. The van der Waals surface area contributed by atoms with Gasteiger partial charge in [0.1, 0.15) is 5.82 Å². The van der Waals surface area contributed by atoms with Crippen molar-refractivity contribution >= 4 is 15.7 Å². The summed E-state index contributed by atoms with van der Waals surface area (Å²) in [4.78, 5) is -0.127. The SMILES string of the molecule is COCCCNS(=O)(=O)c1cc(N)cc(F)c1C. The summed E-state index contributed by atoms with van der Waals surface area (Å²) < 4.78 is 44.5. The van der Waals surface area contributed by atoms with Gasteiger partial charge in [0, 0.05) is 31.5 Å². The quantitative estimate of drug-likeness (QED) is 0.600. The highest BCUT2D eigenvalue weighted by Gasteiger charge is 2.19. The predicted molar refractivity (Wildman–Crippen MR) is 67.2 cm³/mol. The number of anilines is 1. The van der Waals surface area contributed by atoms with Gasteiger partial charge in [-0.15, -0.1) is 0 Å². The number of benzene rings is 1. The van der Waals surface area contributed by atoms with Crippen molar-refractivity contribution in [2.75, 3.05) is 26.0 Å². The zero-order valence-electron chi connectivity index (χ0n) is 10.4. The first-order valence-electron chi connectivity index (χ1n) is 5.42. The molecule has 0 spiro atoms. The molecule has 7 heteroatoms. The van der Waals surface area contributed by atoms with Crippen molar-refractivity contribution in [3.05, 3.63) is 23.5 Å². The Hall–Kier alpha value is -1.18. The summed E-state index contributed by atoms with van der Waals surface area (Å²) >= 11 is 0. The van der Waals surface area contributed by atoms with E-state index in [9.17, 15) is 12.8 Å². The van der Waals surface area contributed by atoms with Crippen LogP contribution >= 0.6 is 0 Å². The smallest absolute Gasteiger partial charge is 0.241 e. The number of nitrogens with two attached hydrogens (primary N) is 1. The van der Waals surface area contributed by atoms with Crippen molar-refractivity contribution in [2.45, 2.75) is 18.2 Å². The van der Waals surface area contributed by atoms with E-state index in [1.54, 1.807) is 0 Å². The molecule has 0 fully saturated rings. The van der Waals surface area contributed by atoms with Crippen LogP contribution in [0.5, 0.6) is 0 Å². The number of rotatable bonds is 6. The Morgan fingerprint density at radius 1 is 1.44 bits per heavy atom. The molecule has 1 rings (SSSR count). The lowest BCUT2D eigenvalue weighted by atomic mass is 10.2. The lowest BCUT2D eigenvalue weighted by Crippen LogP contribution is -2.26. The highest BCUT2D eigenvalue weighted by molar-refractivity contribution is 7.89. The molecular weight excluding hydrogens is 259 g/mol. The summed E-state index contributed by atoms with van der Waals surface area (Å²) in [6.07, 6.45) is 0.541. The molecule has 3 N–H and O–H groups in total. The zero-order valence-corrected chi connectivity index (χ0v) is 11.2. The molecule has 0 saturated carbocycles. The summed E-state index contributed by atoms with van der Waals surface area (Å²) in [7, 11) is -2.21. The number of sulfonamides is 1. The Kier molecular flexibility index (Phi) is 5.06. The van der Waals surface area contributed by atoms with Crippen LogP contribution in [0.1, 0.15) is 12.0 Å². The molecule has 0 atom stereocenters. The molecule has 0 heterocycles.